The Bertz CT molecular complexity index is 2680. The molecule has 0 radical (unpaired) electrons. The number of ether oxygens (including phenoxy) is 10. The molecule has 15 nitrogen and oxygen atoms in total. The third-order valence-corrected chi connectivity index (χ3v) is 14.1. The Morgan fingerprint density at radius 1 is 0.581 bits per heavy atom. The number of carbonyl (C=O) groups excluding carboxylic acids is 1. The molecule has 74 heavy (non-hydrogen) atoms. The van der Waals surface area contributed by atoms with Gasteiger partial charge in [0.2, 0.25) is 0 Å². The maximum atomic E-state index is 12.7. The lowest BCUT2D eigenvalue weighted by Crippen LogP contribution is -2.32. The summed E-state index contributed by atoms with van der Waals surface area (Å²) in [7, 11) is 3.29. The van der Waals surface area contributed by atoms with E-state index in [9.17, 15) is 14.7 Å². The van der Waals surface area contributed by atoms with Crippen LogP contribution in [-0.4, -0.2) is 139 Å². The van der Waals surface area contributed by atoms with Gasteiger partial charge in [0.1, 0.15) is 49.5 Å². The summed E-state index contributed by atoms with van der Waals surface area (Å²) in [6, 6.07) is 41.3. The van der Waals surface area contributed by atoms with Crippen molar-refractivity contribution in [1.82, 2.24) is 4.90 Å². The van der Waals surface area contributed by atoms with Gasteiger partial charge in [-0.2, -0.15) is 0 Å². The van der Waals surface area contributed by atoms with Gasteiger partial charge >= 0.3 is 5.97 Å². The number of benzene rings is 5. The van der Waals surface area contributed by atoms with E-state index in [1.165, 1.54) is 11.3 Å². The molecule has 1 fully saturated rings. The fourth-order valence-corrected chi connectivity index (χ4v) is 10.2. The molecule has 3 heterocycles. The molecular formula is C56H58N2O13S3. The summed E-state index contributed by atoms with van der Waals surface area (Å²) < 4.78 is 56.3. The van der Waals surface area contributed by atoms with Crippen LogP contribution in [0.15, 0.2) is 126 Å². The number of fused-ring (bicyclic) bond motifs is 1. The Morgan fingerprint density at radius 3 is 1.41 bits per heavy atom. The number of thioether (sulfide) groups is 1. The van der Waals surface area contributed by atoms with Gasteiger partial charge in [0, 0.05) is 31.3 Å². The van der Waals surface area contributed by atoms with Gasteiger partial charge in [0.05, 0.1) is 80.7 Å². The number of hydrogen-bond acceptors (Lipinski definition) is 16. The number of thiophene rings is 1. The third kappa shape index (κ3) is 14.7. The van der Waals surface area contributed by atoms with Crippen molar-refractivity contribution in [3.63, 3.8) is 0 Å². The van der Waals surface area contributed by atoms with Gasteiger partial charge in [0.25, 0.3) is 5.24 Å². The minimum Gasteiger partial charge on any atom is -0.491 e. The second-order valence-corrected chi connectivity index (χ2v) is 18.9. The van der Waals surface area contributed by atoms with E-state index in [4.69, 9.17) is 59.6 Å². The Kier molecular flexibility index (Phi) is 20.3. The van der Waals surface area contributed by atoms with E-state index in [2.05, 4.69) is 102 Å². The van der Waals surface area contributed by atoms with Gasteiger partial charge in [-0.15, -0.1) is 11.3 Å². The van der Waals surface area contributed by atoms with Crippen molar-refractivity contribution in [2.75, 3.05) is 118 Å². The average Bonchev–Trinajstić information content (AvgIpc) is 3.92. The van der Waals surface area contributed by atoms with Crippen LogP contribution in [0.5, 0.6) is 23.0 Å². The molecule has 2 aliphatic rings. The molecule has 0 saturated carbocycles. The Hall–Kier alpha value is -6.32. The molecule has 2 aliphatic heterocycles. The highest BCUT2D eigenvalue weighted by Crippen LogP contribution is 2.51. The Balaban J connectivity index is 0.989. The molecule has 1 amide bonds. The highest BCUT2D eigenvalue weighted by molar-refractivity contribution is 8.19. The lowest BCUT2D eigenvalue weighted by atomic mass is 10.0. The quantitative estimate of drug-likeness (QED) is 0.0269. The number of carbonyl (C=O) groups is 2. The summed E-state index contributed by atoms with van der Waals surface area (Å²) in [5, 5.41) is 8.92. The summed E-state index contributed by atoms with van der Waals surface area (Å²) >= 11 is 7.89. The maximum Gasteiger partial charge on any atom is 0.323 e. The monoisotopic (exact) mass is 1060 g/mol. The molecule has 0 bridgehead atoms. The molecular weight excluding hydrogens is 1000 g/mol. The van der Waals surface area contributed by atoms with Crippen LogP contribution in [0.2, 0.25) is 0 Å². The van der Waals surface area contributed by atoms with Gasteiger partial charge < -0.3 is 57.4 Å². The second-order valence-electron chi connectivity index (χ2n) is 16.5. The zero-order valence-electron chi connectivity index (χ0n) is 41.2. The van der Waals surface area contributed by atoms with Crippen molar-refractivity contribution < 1.29 is 62.1 Å². The molecule has 388 valence electrons. The smallest absolute Gasteiger partial charge is 0.323 e. The number of hydrogen-bond donors (Lipinski definition) is 1. The summed E-state index contributed by atoms with van der Waals surface area (Å²) in [6.07, 6.45) is 1.78. The predicted octanol–water partition coefficient (Wildman–Crippen LogP) is 11.0. The molecule has 18 heteroatoms. The highest BCUT2D eigenvalue weighted by atomic mass is 32.2. The minimum absolute atomic E-state index is 0.169. The fourth-order valence-electron chi connectivity index (χ4n) is 7.82. The van der Waals surface area contributed by atoms with Crippen molar-refractivity contribution >= 4 is 74.7 Å². The summed E-state index contributed by atoms with van der Waals surface area (Å²) in [6.45, 7) is 6.24. The first kappa shape index (κ1) is 54.0. The molecule has 1 aromatic heterocycles. The average molecular weight is 1060 g/mol. The van der Waals surface area contributed by atoms with E-state index in [-0.39, 0.29) is 4.99 Å². The zero-order valence-corrected chi connectivity index (χ0v) is 43.6. The molecule has 5 aromatic carbocycles. The van der Waals surface area contributed by atoms with Crippen LogP contribution < -0.4 is 23.8 Å². The van der Waals surface area contributed by atoms with E-state index >= 15 is 0 Å². The Morgan fingerprint density at radius 2 is 0.973 bits per heavy atom. The van der Waals surface area contributed by atoms with Gasteiger partial charge in [-0.1, -0.05) is 72.9 Å². The van der Waals surface area contributed by atoms with E-state index < -0.39 is 17.8 Å². The van der Waals surface area contributed by atoms with Gasteiger partial charge in [-0.25, -0.2) is 0 Å². The van der Waals surface area contributed by atoms with E-state index in [0.717, 1.165) is 82.8 Å². The molecule has 1 saturated heterocycles. The number of rotatable bonds is 29. The second kappa shape index (κ2) is 27.8. The van der Waals surface area contributed by atoms with Crippen LogP contribution in [0.4, 0.5) is 21.9 Å². The van der Waals surface area contributed by atoms with Crippen LogP contribution in [0.1, 0.15) is 4.88 Å². The first-order valence-corrected chi connectivity index (χ1v) is 26.1. The molecule has 0 aliphatic carbocycles. The van der Waals surface area contributed by atoms with Gasteiger partial charge in [0.15, 0.2) is 11.5 Å². The first-order chi connectivity index (χ1) is 36.3. The standard InChI is InChI=1S/C56H58N2O13S3/c1-62-23-25-64-27-29-66-31-33-68-47-19-9-41(10-20-47)39-3-13-44(14-4-39)58(45-15-5-40(6-16-45)42-11-21-48(22-12-42)69-34-32-67-30-28-65-26-24-63-2)46-17-7-43(8-18-46)54-53-52(70-35-36-71-53)49(73-54)37-50-55(72)57(38-51(59)60)56(61)74-50/h3-22,37H,23-36,38H2,1-2H3,(H,59,60)/b50-37-. The molecule has 6 aromatic rings. The van der Waals surface area contributed by atoms with Gasteiger partial charge in [-0.05, 0) is 106 Å². The van der Waals surface area contributed by atoms with Gasteiger partial charge in [-0.3, -0.25) is 14.5 Å². The molecule has 0 spiro atoms. The SMILES string of the molecule is COCCOCCOCCOc1ccc(-c2ccc(N(c3ccc(-c4ccc(OCCOCCOCCOC)cc4)cc3)c3ccc(-c4sc(/C=C5\SC(=O)N(CC(=O)O)C5=S)c5c4OCCO5)cc3)cc2)cc1. The molecule has 0 atom stereocenters. The number of methoxy groups -OCH3 is 2. The zero-order chi connectivity index (χ0) is 51.5. The highest BCUT2D eigenvalue weighted by Gasteiger charge is 2.34. The van der Waals surface area contributed by atoms with Crippen molar-refractivity contribution in [3.8, 4) is 55.7 Å². The van der Waals surface area contributed by atoms with Crippen LogP contribution >= 0.6 is 35.3 Å². The third-order valence-electron chi connectivity index (χ3n) is 11.5. The van der Waals surface area contributed by atoms with E-state index in [0.29, 0.717) is 109 Å². The van der Waals surface area contributed by atoms with Crippen molar-refractivity contribution in [2.24, 2.45) is 0 Å². The fraction of sp³-hybridized carbons (Fsp3) is 0.304. The summed E-state index contributed by atoms with van der Waals surface area (Å²) in [5.74, 6) is 1.56. The molecule has 8 rings (SSSR count). The maximum absolute atomic E-state index is 12.7. The van der Waals surface area contributed by atoms with Crippen LogP contribution in [0, 0.1) is 0 Å². The lowest BCUT2D eigenvalue weighted by molar-refractivity contribution is -0.136. The van der Waals surface area contributed by atoms with E-state index in [1.807, 2.05) is 24.3 Å². The van der Waals surface area contributed by atoms with Crippen molar-refractivity contribution in [3.05, 3.63) is 131 Å². The van der Waals surface area contributed by atoms with Crippen LogP contribution in [-0.2, 0) is 33.2 Å². The summed E-state index contributed by atoms with van der Waals surface area (Å²) in [5.41, 5.74) is 7.96. The van der Waals surface area contributed by atoms with Crippen molar-refractivity contribution in [2.45, 2.75) is 0 Å². The molecule has 1 N–H and O–H groups in total. The number of carboxylic acid groups (broad SMARTS) is 1. The topological polar surface area (TPSA) is 153 Å². The lowest BCUT2D eigenvalue weighted by Gasteiger charge is -2.26. The number of nitrogens with zero attached hydrogens (tertiary/aromatic N) is 2. The largest absolute Gasteiger partial charge is 0.491 e. The number of carboxylic acids is 1. The normalized spacial score (nSPS) is 13.7. The van der Waals surface area contributed by atoms with Crippen LogP contribution in [0.25, 0.3) is 38.8 Å². The number of amides is 1. The predicted molar refractivity (Wildman–Crippen MR) is 292 cm³/mol. The van der Waals surface area contributed by atoms with E-state index in [1.54, 1.807) is 20.3 Å². The number of aliphatic carboxylic acids is 1. The molecule has 0 unspecified atom stereocenters. The van der Waals surface area contributed by atoms with Crippen molar-refractivity contribution in [1.29, 1.82) is 0 Å². The summed E-state index contributed by atoms with van der Waals surface area (Å²) in [4.78, 5) is 29.7. The number of thiocarbonyl (C=S) groups is 1. The Labute approximate surface area is 444 Å². The first-order valence-electron chi connectivity index (χ1n) is 24.0. The number of anilines is 3. The van der Waals surface area contributed by atoms with Crippen LogP contribution in [0.3, 0.4) is 0 Å². The minimum atomic E-state index is -1.14.